The van der Waals surface area contributed by atoms with Gasteiger partial charge in [-0.1, -0.05) is 4.86 Å². The van der Waals surface area contributed by atoms with E-state index in [-0.39, 0.29) is 0 Å². The van der Waals surface area contributed by atoms with Crippen LogP contribution < -0.4 is 0 Å². The summed E-state index contributed by atoms with van der Waals surface area (Å²) in [4.78, 5) is 4.81. The monoisotopic (exact) mass is 88.0 g/mol. The van der Waals surface area contributed by atoms with Crippen LogP contribution in [-0.4, -0.2) is 18.0 Å². The fraction of sp³-hybridized carbons (Fsp3) is 1.00. The smallest absolute Gasteiger partial charge is 0.220 e. The summed E-state index contributed by atoms with van der Waals surface area (Å²) in [5.74, 6) is 0. The Bertz CT molecular complexity index is 79.6. The average Bonchev–Trinajstić information content (AvgIpc) is 1.86. The Morgan fingerprint density at radius 3 is 2.83 bits per heavy atom. The molecule has 6 heavy (non-hydrogen) atoms. The Balaban J connectivity index is 2.45. The first-order chi connectivity index (χ1) is 2.89. The second-order valence-corrected chi connectivity index (χ2v) is 0.991. The van der Waals surface area contributed by atoms with Crippen molar-refractivity contribution in [3.8, 4) is 0 Å². The molecule has 34 valence electrons. The van der Waals surface area contributed by atoms with Gasteiger partial charge < -0.3 is 10.0 Å². The van der Waals surface area contributed by atoms with Crippen molar-refractivity contribution in [1.29, 1.82) is 0 Å². The first kappa shape index (κ1) is 3.39. The molecular formula is C2H4N2O2. The molecule has 1 rings (SSSR count). The van der Waals surface area contributed by atoms with Gasteiger partial charge in [-0.2, -0.15) is 0 Å². The van der Waals surface area contributed by atoms with Crippen LogP contribution in [-0.2, 0) is 4.84 Å². The van der Waals surface area contributed by atoms with E-state index < -0.39 is 0 Å². The van der Waals surface area contributed by atoms with E-state index in [1.165, 1.54) is 0 Å². The molecule has 0 saturated heterocycles. The van der Waals surface area contributed by atoms with Crippen molar-refractivity contribution < 1.29 is 9.70 Å². The highest BCUT2D eigenvalue weighted by Crippen LogP contribution is 1.87. The van der Waals surface area contributed by atoms with Crippen molar-refractivity contribution in [3.05, 3.63) is 5.21 Å². The molecule has 0 atom stereocenters. The SMILES string of the molecule is [O-][N+]1=NOCC1. The summed E-state index contributed by atoms with van der Waals surface area (Å²) in [5.41, 5.74) is 0. The second-order valence-electron chi connectivity index (χ2n) is 0.991. The maximum absolute atomic E-state index is 9.87. The number of hydrogen-bond acceptors (Lipinski definition) is 3. The first-order valence-electron chi connectivity index (χ1n) is 1.67. The maximum Gasteiger partial charge on any atom is 0.220 e. The van der Waals surface area contributed by atoms with Gasteiger partial charge in [-0.25, -0.2) is 0 Å². The molecule has 0 spiro atoms. The van der Waals surface area contributed by atoms with E-state index in [9.17, 15) is 5.21 Å². The summed E-state index contributed by atoms with van der Waals surface area (Å²) in [7, 11) is 0. The topological polar surface area (TPSA) is 47.7 Å². The molecular weight excluding hydrogens is 84.0 g/mol. The Labute approximate surface area is 34.6 Å². The lowest BCUT2D eigenvalue weighted by atomic mass is 10.8. The average molecular weight is 88.1 g/mol. The van der Waals surface area contributed by atoms with E-state index in [1.807, 2.05) is 0 Å². The van der Waals surface area contributed by atoms with Gasteiger partial charge in [0, 0.05) is 0 Å². The zero-order valence-corrected chi connectivity index (χ0v) is 3.13. The Hall–Kier alpha value is -0.800. The van der Waals surface area contributed by atoms with E-state index in [2.05, 4.69) is 10.1 Å². The fourth-order valence-corrected chi connectivity index (χ4v) is 0.265. The van der Waals surface area contributed by atoms with Crippen LogP contribution in [0.3, 0.4) is 0 Å². The van der Waals surface area contributed by atoms with Gasteiger partial charge in [0.05, 0.1) is 0 Å². The minimum Gasteiger partial charge on any atom is -0.597 e. The Morgan fingerprint density at radius 2 is 2.67 bits per heavy atom. The van der Waals surface area contributed by atoms with Crippen molar-refractivity contribution in [2.75, 3.05) is 13.2 Å². The van der Waals surface area contributed by atoms with E-state index in [4.69, 9.17) is 0 Å². The van der Waals surface area contributed by atoms with Crippen LogP contribution in [0, 0.1) is 5.21 Å². The second kappa shape index (κ2) is 1.12. The molecule has 0 aliphatic carbocycles. The normalized spacial score (nSPS) is 19.7. The molecule has 0 aromatic heterocycles. The largest absolute Gasteiger partial charge is 0.597 e. The summed E-state index contributed by atoms with van der Waals surface area (Å²) < 4.78 is 0. The van der Waals surface area contributed by atoms with Crippen molar-refractivity contribution in [1.82, 2.24) is 0 Å². The molecule has 4 nitrogen and oxygen atoms in total. The minimum absolute atomic E-state index is 0.375. The van der Waals surface area contributed by atoms with Gasteiger partial charge in [-0.15, -0.1) is 0 Å². The number of nitrogens with zero attached hydrogens (tertiary/aromatic N) is 2. The van der Waals surface area contributed by atoms with Crippen molar-refractivity contribution >= 4 is 0 Å². The van der Waals surface area contributed by atoms with E-state index in [1.54, 1.807) is 0 Å². The van der Waals surface area contributed by atoms with Crippen molar-refractivity contribution in [2.45, 2.75) is 0 Å². The summed E-state index contributed by atoms with van der Waals surface area (Å²) in [6.07, 6.45) is 0. The quantitative estimate of drug-likeness (QED) is 0.306. The summed E-state index contributed by atoms with van der Waals surface area (Å²) >= 11 is 0. The molecule has 0 aromatic carbocycles. The van der Waals surface area contributed by atoms with Gasteiger partial charge >= 0.3 is 0 Å². The van der Waals surface area contributed by atoms with Gasteiger partial charge in [-0.3, -0.25) is 0 Å². The van der Waals surface area contributed by atoms with Crippen molar-refractivity contribution in [2.24, 2.45) is 5.28 Å². The highest BCUT2D eigenvalue weighted by Gasteiger charge is 2.03. The van der Waals surface area contributed by atoms with Gasteiger partial charge in [0.1, 0.15) is 0 Å². The third kappa shape index (κ3) is 0.403. The predicted molar refractivity (Wildman–Crippen MR) is 16.9 cm³/mol. The molecule has 4 heteroatoms. The number of hydroxylamine groups is 1. The third-order valence-corrected chi connectivity index (χ3v) is 0.523. The molecule has 0 saturated carbocycles. The van der Waals surface area contributed by atoms with Gasteiger partial charge in [0.25, 0.3) is 0 Å². The number of rotatable bonds is 0. The van der Waals surface area contributed by atoms with E-state index in [0.29, 0.717) is 18.0 Å². The van der Waals surface area contributed by atoms with Crippen LogP contribution in [0.1, 0.15) is 0 Å². The molecule has 0 bridgehead atoms. The third-order valence-electron chi connectivity index (χ3n) is 0.523. The molecule has 0 N–H and O–H groups in total. The van der Waals surface area contributed by atoms with Crippen LogP contribution in [0.25, 0.3) is 0 Å². The van der Waals surface area contributed by atoms with E-state index >= 15 is 0 Å². The minimum atomic E-state index is 0.375. The lowest BCUT2D eigenvalue weighted by Crippen LogP contribution is -1.96. The molecule has 0 fully saturated rings. The van der Waals surface area contributed by atoms with Crippen LogP contribution >= 0.6 is 0 Å². The Kier molecular flexibility index (Phi) is 0.633. The highest BCUT2D eigenvalue weighted by atomic mass is 16.7. The molecule has 1 aliphatic rings. The molecule has 0 radical (unpaired) electrons. The molecule has 1 aliphatic heterocycles. The fourth-order valence-electron chi connectivity index (χ4n) is 0.265. The molecule has 0 aromatic rings. The van der Waals surface area contributed by atoms with Gasteiger partial charge in [0.15, 0.2) is 11.9 Å². The van der Waals surface area contributed by atoms with Gasteiger partial charge in [0.2, 0.25) is 6.54 Å². The lowest BCUT2D eigenvalue weighted by Gasteiger charge is -1.80. The van der Waals surface area contributed by atoms with Crippen LogP contribution in [0.5, 0.6) is 0 Å². The molecule has 0 unspecified atom stereocenters. The number of hydrogen-bond donors (Lipinski definition) is 0. The highest BCUT2D eigenvalue weighted by molar-refractivity contribution is 4.22. The van der Waals surface area contributed by atoms with Crippen LogP contribution in [0.2, 0.25) is 0 Å². The van der Waals surface area contributed by atoms with Crippen LogP contribution in [0.4, 0.5) is 0 Å². The van der Waals surface area contributed by atoms with Gasteiger partial charge in [-0.05, 0) is 0 Å². The zero-order chi connectivity index (χ0) is 4.41. The maximum atomic E-state index is 9.87. The molecule has 0 amide bonds. The zero-order valence-electron chi connectivity index (χ0n) is 3.13. The standard InChI is InChI=1S/C2H4N2O2/c5-4-1-2-6-3-4/h1-2H2. The van der Waals surface area contributed by atoms with E-state index in [0.717, 1.165) is 0 Å². The summed E-state index contributed by atoms with van der Waals surface area (Å²) in [6.45, 7) is 0.809. The Morgan fingerprint density at radius 1 is 1.83 bits per heavy atom. The summed E-state index contributed by atoms with van der Waals surface area (Å²) in [5, 5.41) is 12.9. The van der Waals surface area contributed by atoms with Crippen molar-refractivity contribution in [3.63, 3.8) is 0 Å². The first-order valence-corrected chi connectivity index (χ1v) is 1.67. The van der Waals surface area contributed by atoms with Crippen LogP contribution in [0.15, 0.2) is 5.28 Å². The molecule has 1 heterocycles. The lowest BCUT2D eigenvalue weighted by molar-refractivity contribution is -0.522. The summed E-state index contributed by atoms with van der Waals surface area (Å²) in [6, 6.07) is 0. The predicted octanol–water partition coefficient (Wildman–Crippen LogP) is -0.106.